The average Bonchev–Trinajstić information content (AvgIpc) is 3.41. The van der Waals surface area contributed by atoms with Crippen LogP contribution in [0.2, 0.25) is 0 Å². The van der Waals surface area contributed by atoms with Gasteiger partial charge in [-0.2, -0.15) is 5.26 Å². The minimum atomic E-state index is -0.618. The van der Waals surface area contributed by atoms with Crippen LogP contribution in [0.3, 0.4) is 0 Å². The Morgan fingerprint density at radius 2 is 1.69 bits per heavy atom. The van der Waals surface area contributed by atoms with Crippen molar-refractivity contribution in [2.75, 3.05) is 0 Å². The number of nitriles is 1. The Hall–Kier alpha value is -2.62. The molecule has 7 nitrogen and oxygen atoms in total. The largest absolute Gasteiger partial charge is 0.469 e. The fraction of sp³-hybridized carbons (Fsp3) is 0.771. The summed E-state index contributed by atoms with van der Waals surface area (Å²) in [5.74, 6) is 0.260. The SMILES string of the molecule is CC1(C)CC[C@]2(NC(=O)Oc3ccoc3)CC[C@]3(C)[C@H](C(=O)C[C@@H]4[C@@]5(C)CC(C#N)C(=O)C(C)(C)[C@@H]5CC[C@]43C)[C@@H]2C1. The summed E-state index contributed by atoms with van der Waals surface area (Å²) in [4.78, 5) is 41.3. The fourth-order valence-corrected chi connectivity index (χ4v) is 11.7. The quantitative estimate of drug-likeness (QED) is 0.390. The first-order chi connectivity index (χ1) is 19.5. The number of hydrogen-bond acceptors (Lipinski definition) is 6. The molecule has 6 rings (SSSR count). The third-order valence-corrected chi connectivity index (χ3v) is 14.0. The molecule has 1 amide bonds. The van der Waals surface area contributed by atoms with Crippen LogP contribution in [-0.2, 0) is 9.59 Å². The number of ether oxygens (including phenoxy) is 1. The van der Waals surface area contributed by atoms with E-state index in [1.165, 1.54) is 12.5 Å². The molecular formula is C35H48N2O5. The predicted octanol–water partition coefficient (Wildman–Crippen LogP) is 7.50. The first-order valence-electron chi connectivity index (χ1n) is 16.0. The second-order valence-corrected chi connectivity index (χ2v) is 16.7. The zero-order valence-electron chi connectivity index (χ0n) is 26.5. The summed E-state index contributed by atoms with van der Waals surface area (Å²) in [7, 11) is 0. The number of Topliss-reactive ketones (excluding diaryl/α,β-unsaturated/α-hetero) is 2. The average molecular weight is 577 g/mol. The number of ketones is 2. The van der Waals surface area contributed by atoms with E-state index in [-0.39, 0.29) is 51.1 Å². The van der Waals surface area contributed by atoms with Crippen LogP contribution < -0.4 is 10.1 Å². The van der Waals surface area contributed by atoms with E-state index in [2.05, 4.69) is 46.0 Å². The zero-order valence-corrected chi connectivity index (χ0v) is 26.5. The van der Waals surface area contributed by atoms with Crippen molar-refractivity contribution in [1.29, 1.82) is 5.26 Å². The molecule has 9 atom stereocenters. The van der Waals surface area contributed by atoms with Crippen LogP contribution in [0.1, 0.15) is 106 Å². The fourth-order valence-electron chi connectivity index (χ4n) is 11.7. The number of rotatable bonds is 2. The lowest BCUT2D eigenvalue weighted by Crippen LogP contribution is -2.72. The molecule has 0 radical (unpaired) electrons. The highest BCUT2D eigenvalue weighted by Crippen LogP contribution is 2.75. The highest BCUT2D eigenvalue weighted by Gasteiger charge is 2.73. The number of hydrogen-bond donors (Lipinski definition) is 1. The molecule has 0 aliphatic heterocycles. The van der Waals surface area contributed by atoms with Crippen molar-refractivity contribution in [2.24, 2.45) is 56.7 Å². The maximum absolute atomic E-state index is 14.7. The van der Waals surface area contributed by atoms with Crippen molar-refractivity contribution < 1.29 is 23.5 Å². The third kappa shape index (κ3) is 3.92. The van der Waals surface area contributed by atoms with Gasteiger partial charge < -0.3 is 14.5 Å². The molecule has 7 heteroatoms. The zero-order chi connectivity index (χ0) is 30.5. The first kappa shape index (κ1) is 29.5. The first-order valence-corrected chi connectivity index (χ1v) is 16.0. The van der Waals surface area contributed by atoms with Gasteiger partial charge in [-0.3, -0.25) is 9.59 Å². The number of nitrogens with zero attached hydrogens (tertiary/aromatic N) is 1. The molecule has 5 fully saturated rings. The van der Waals surface area contributed by atoms with E-state index in [9.17, 15) is 19.6 Å². The molecule has 1 heterocycles. The second-order valence-electron chi connectivity index (χ2n) is 16.7. The number of amides is 1. The van der Waals surface area contributed by atoms with Crippen molar-refractivity contribution in [1.82, 2.24) is 5.32 Å². The molecule has 0 spiro atoms. The Kier molecular flexibility index (Phi) is 6.45. The smallest absolute Gasteiger partial charge is 0.413 e. The summed E-state index contributed by atoms with van der Waals surface area (Å²) in [5, 5.41) is 13.3. The molecule has 5 aliphatic carbocycles. The summed E-state index contributed by atoms with van der Waals surface area (Å²) in [6, 6.07) is 3.97. The number of carbonyl (C=O) groups excluding carboxylic acids is 3. The van der Waals surface area contributed by atoms with Crippen molar-refractivity contribution in [3.63, 3.8) is 0 Å². The van der Waals surface area contributed by atoms with Gasteiger partial charge in [-0.15, -0.1) is 0 Å². The van der Waals surface area contributed by atoms with E-state index >= 15 is 0 Å². The standard InChI is InChI=1S/C35H48N2O5/c1-30(2)11-13-35(37-29(40)42-22-9-15-41-20-22)14-12-34(7)27(23(35)18-30)24(38)16-26-32(5)17-21(19-36)28(39)31(3,4)25(32)8-10-33(26,34)6/h9,15,20-21,23,25-27H,8,10-14,16-18H2,1-7H3,(H,37,40)/t21?,23-,25-,26+,27-,32-,33+,34+,35-/m0/s1. The summed E-state index contributed by atoms with van der Waals surface area (Å²) in [6.45, 7) is 15.7. The molecule has 5 saturated carbocycles. The molecule has 1 N–H and O–H groups in total. The number of fused-ring (bicyclic) bond motifs is 7. The van der Waals surface area contributed by atoms with Gasteiger partial charge in [-0.1, -0.05) is 48.5 Å². The highest BCUT2D eigenvalue weighted by molar-refractivity contribution is 5.90. The summed E-state index contributed by atoms with van der Waals surface area (Å²) >= 11 is 0. The van der Waals surface area contributed by atoms with E-state index in [1.807, 2.05) is 13.8 Å². The van der Waals surface area contributed by atoms with Crippen molar-refractivity contribution in [3.8, 4) is 11.8 Å². The normalized spacial score (nSPS) is 45.3. The van der Waals surface area contributed by atoms with Crippen LogP contribution in [0, 0.1) is 68.0 Å². The minimum absolute atomic E-state index is 0.0175. The minimum Gasteiger partial charge on any atom is -0.469 e. The summed E-state index contributed by atoms with van der Waals surface area (Å²) < 4.78 is 10.7. The molecule has 1 aromatic rings. The van der Waals surface area contributed by atoms with Gasteiger partial charge in [0.2, 0.25) is 0 Å². The van der Waals surface area contributed by atoms with Gasteiger partial charge in [0, 0.05) is 29.4 Å². The number of carbonyl (C=O) groups is 3. The lowest BCUT2D eigenvalue weighted by Gasteiger charge is -2.72. The van der Waals surface area contributed by atoms with Crippen LogP contribution >= 0.6 is 0 Å². The Morgan fingerprint density at radius 1 is 0.976 bits per heavy atom. The maximum Gasteiger partial charge on any atom is 0.413 e. The molecule has 1 aromatic heterocycles. The third-order valence-electron chi connectivity index (χ3n) is 14.0. The van der Waals surface area contributed by atoms with Crippen molar-refractivity contribution in [2.45, 2.75) is 112 Å². The van der Waals surface area contributed by atoms with Gasteiger partial charge in [0.25, 0.3) is 0 Å². The lowest BCUT2D eigenvalue weighted by atomic mass is 9.31. The molecule has 1 unspecified atom stereocenters. The molecule has 228 valence electrons. The van der Waals surface area contributed by atoms with Gasteiger partial charge in [0.15, 0.2) is 11.5 Å². The molecule has 5 aliphatic rings. The Balaban J connectivity index is 1.38. The van der Waals surface area contributed by atoms with E-state index < -0.39 is 23.0 Å². The molecule has 0 bridgehead atoms. The summed E-state index contributed by atoms with van der Waals surface area (Å²) in [5.41, 5.74) is -1.63. The van der Waals surface area contributed by atoms with Crippen LogP contribution in [0.15, 0.2) is 23.0 Å². The van der Waals surface area contributed by atoms with Gasteiger partial charge in [-0.05, 0) is 90.8 Å². The second kappa shape index (κ2) is 9.19. The van der Waals surface area contributed by atoms with Crippen LogP contribution in [0.25, 0.3) is 0 Å². The van der Waals surface area contributed by atoms with E-state index in [1.54, 1.807) is 6.07 Å². The molecule has 42 heavy (non-hydrogen) atoms. The van der Waals surface area contributed by atoms with Crippen LogP contribution in [0.4, 0.5) is 4.79 Å². The Bertz CT molecular complexity index is 1340. The van der Waals surface area contributed by atoms with E-state index in [0.29, 0.717) is 24.4 Å². The molecule has 0 aromatic carbocycles. The molecular weight excluding hydrogens is 528 g/mol. The Labute approximate surface area is 250 Å². The number of nitrogens with one attached hydrogen (secondary N) is 1. The van der Waals surface area contributed by atoms with Gasteiger partial charge in [-0.25, -0.2) is 4.79 Å². The topological polar surface area (TPSA) is 109 Å². The maximum atomic E-state index is 14.7. The molecule has 0 saturated heterocycles. The van der Waals surface area contributed by atoms with Crippen molar-refractivity contribution in [3.05, 3.63) is 18.6 Å². The summed E-state index contributed by atoms with van der Waals surface area (Å²) in [6.07, 6.45) is 9.70. The van der Waals surface area contributed by atoms with Gasteiger partial charge in [0.1, 0.15) is 18.0 Å². The van der Waals surface area contributed by atoms with E-state index in [4.69, 9.17) is 9.15 Å². The van der Waals surface area contributed by atoms with E-state index in [0.717, 1.165) is 44.9 Å². The Morgan fingerprint density at radius 3 is 2.36 bits per heavy atom. The van der Waals surface area contributed by atoms with Crippen molar-refractivity contribution >= 4 is 17.7 Å². The van der Waals surface area contributed by atoms with Gasteiger partial charge >= 0.3 is 6.09 Å². The van der Waals surface area contributed by atoms with Gasteiger partial charge in [0.05, 0.1) is 12.3 Å². The van der Waals surface area contributed by atoms with Crippen LogP contribution in [0.5, 0.6) is 5.75 Å². The highest BCUT2D eigenvalue weighted by atomic mass is 16.6. The lowest BCUT2D eigenvalue weighted by molar-refractivity contribution is -0.229. The van der Waals surface area contributed by atoms with Crippen LogP contribution in [-0.4, -0.2) is 23.2 Å². The monoisotopic (exact) mass is 576 g/mol. The predicted molar refractivity (Wildman–Crippen MR) is 157 cm³/mol. The number of furan rings is 1.